The summed E-state index contributed by atoms with van der Waals surface area (Å²) in [5.41, 5.74) is 16.5. The summed E-state index contributed by atoms with van der Waals surface area (Å²) in [7, 11) is 0. The maximum absolute atomic E-state index is 9.21. The molecular formula is C63H40N4OS. The molecule has 0 radical (unpaired) electrons. The van der Waals surface area contributed by atoms with Crippen molar-refractivity contribution < 1.29 is 13.0 Å². The molecule has 0 amide bonds. The summed E-state index contributed by atoms with van der Waals surface area (Å²) in [6.07, 6.45) is 1.83. The van der Waals surface area contributed by atoms with Crippen LogP contribution >= 0.6 is 11.8 Å². The summed E-state index contributed by atoms with van der Waals surface area (Å²) < 4.78 is 65.0. The summed E-state index contributed by atoms with van der Waals surface area (Å²) in [4.78, 5) is 11.6. The summed E-state index contributed by atoms with van der Waals surface area (Å²) in [6.45, 7) is -4.96. The number of hydrogen-bond donors (Lipinski definition) is 0. The van der Waals surface area contributed by atoms with E-state index in [0.29, 0.717) is 22.0 Å². The van der Waals surface area contributed by atoms with Gasteiger partial charge in [-0.25, -0.2) is 4.98 Å². The van der Waals surface area contributed by atoms with Crippen LogP contribution in [0.2, 0.25) is 0 Å². The fourth-order valence-corrected chi connectivity index (χ4v) is 13.1. The topological polar surface area (TPSA) is 44.4 Å². The van der Waals surface area contributed by atoms with Gasteiger partial charge >= 0.3 is 0 Å². The van der Waals surface area contributed by atoms with E-state index in [4.69, 9.17) is 18.8 Å². The van der Waals surface area contributed by atoms with Crippen LogP contribution in [0.3, 0.4) is 0 Å². The molecule has 1 aliphatic carbocycles. The second-order valence-electron chi connectivity index (χ2n) is 18.0. The molecule has 69 heavy (non-hydrogen) atoms. The first-order chi connectivity index (χ1) is 36.5. The van der Waals surface area contributed by atoms with Crippen LogP contribution in [0.1, 0.15) is 41.6 Å². The minimum Gasteiger partial charge on any atom is -0.457 e. The highest BCUT2D eigenvalue weighted by Gasteiger charge is 2.50. The SMILES string of the molecule is [2H]C([2H])([2H])c1ccc2c(c1)Sc1c(ccc(C([2H])([2H])[2H])c1-c1ccc3c(c1)-c1ccccc1-c1ncccc1-c1ccccc1-3)C21c2ccccc2Oc2cc(-n3c4ccccc4n4c5ccccc5nc34)ccc21. The van der Waals surface area contributed by atoms with Gasteiger partial charge in [0.2, 0.25) is 5.78 Å². The molecule has 6 heteroatoms. The van der Waals surface area contributed by atoms with Gasteiger partial charge in [0.15, 0.2) is 0 Å². The molecule has 12 aromatic rings. The lowest BCUT2D eigenvalue weighted by molar-refractivity contribution is 0.431. The summed E-state index contributed by atoms with van der Waals surface area (Å²) >= 11 is 1.43. The van der Waals surface area contributed by atoms with Gasteiger partial charge in [-0.2, -0.15) is 0 Å². The van der Waals surface area contributed by atoms with Crippen molar-refractivity contribution in [3.63, 3.8) is 0 Å². The third kappa shape index (κ3) is 5.26. The van der Waals surface area contributed by atoms with Gasteiger partial charge in [-0.1, -0.05) is 151 Å². The van der Waals surface area contributed by atoms with E-state index in [1.807, 2.05) is 91.1 Å². The molecule has 1 unspecified atom stereocenters. The molecule has 1 spiro atoms. The standard InChI is InChI=1S/C63H40N4OS/c1-37-25-30-50-58(34-37)69-61-51(31-26-38(2)59(61)39-27-29-44-41-14-3-4-15-42(41)46-18-13-33-64-60(46)45-17-6-5-16-43(45)47(44)35-39)63(50)48-19-7-12-24-56(48)68-57-36-40(28-32-49(57)63)66-54-22-10-11-23-55(54)67-53-21-9-8-20-52(53)65-62(66)67/h3-36H,1-2H3/i1D3,2D3. The van der Waals surface area contributed by atoms with Gasteiger partial charge in [-0.05, 0) is 129 Å². The van der Waals surface area contributed by atoms with Crippen molar-refractivity contribution in [2.45, 2.75) is 28.9 Å². The Morgan fingerprint density at radius 3 is 2.09 bits per heavy atom. The van der Waals surface area contributed by atoms with Crippen LogP contribution in [0.25, 0.3) is 89.3 Å². The second kappa shape index (κ2) is 14.3. The van der Waals surface area contributed by atoms with Crippen molar-refractivity contribution in [1.29, 1.82) is 0 Å². The number of pyridine rings is 1. The van der Waals surface area contributed by atoms with Crippen LogP contribution in [0.5, 0.6) is 11.5 Å². The quantitative estimate of drug-likeness (QED) is 0.173. The van der Waals surface area contributed by atoms with Crippen LogP contribution in [0, 0.1) is 13.7 Å². The fourth-order valence-electron chi connectivity index (χ4n) is 11.7. The Hall–Kier alpha value is -8.45. The number of rotatable bonds is 2. The number of imidazole rings is 2. The first kappa shape index (κ1) is 33.1. The lowest BCUT2D eigenvalue weighted by Gasteiger charge is -2.46. The van der Waals surface area contributed by atoms with E-state index in [1.165, 1.54) is 11.8 Å². The molecule has 9 aromatic carbocycles. The average molecular weight is 907 g/mol. The average Bonchev–Trinajstić information content (AvgIpc) is 3.97. The minimum atomic E-state index is -2.54. The first-order valence-corrected chi connectivity index (χ1v) is 23.9. The van der Waals surface area contributed by atoms with E-state index in [-0.39, 0.29) is 11.1 Å². The van der Waals surface area contributed by atoms with E-state index in [1.54, 1.807) is 18.2 Å². The molecule has 324 valence electrons. The predicted molar refractivity (Wildman–Crippen MR) is 280 cm³/mol. The van der Waals surface area contributed by atoms with Crippen LogP contribution in [-0.4, -0.2) is 18.9 Å². The van der Waals surface area contributed by atoms with Crippen molar-refractivity contribution >= 4 is 39.6 Å². The summed E-state index contributed by atoms with van der Waals surface area (Å²) in [6, 6.07) is 67.0. The molecule has 0 saturated heterocycles. The number of para-hydroxylation sites is 5. The Labute approximate surface area is 411 Å². The molecule has 15 rings (SSSR count). The lowest BCUT2D eigenvalue weighted by atomic mass is 9.62. The molecule has 0 saturated carbocycles. The maximum atomic E-state index is 9.21. The van der Waals surface area contributed by atoms with E-state index in [9.17, 15) is 4.11 Å². The number of benzene rings is 9. The smallest absolute Gasteiger partial charge is 0.220 e. The molecule has 5 nitrogen and oxygen atoms in total. The normalized spacial score (nSPS) is 16.6. The van der Waals surface area contributed by atoms with Crippen molar-refractivity contribution in [2.24, 2.45) is 0 Å². The summed E-state index contributed by atoms with van der Waals surface area (Å²) in [5, 5.41) is 0. The second-order valence-corrected chi connectivity index (χ2v) is 19.1. The van der Waals surface area contributed by atoms with E-state index in [0.717, 1.165) is 111 Å². The Morgan fingerprint density at radius 1 is 0.522 bits per heavy atom. The zero-order valence-corrected chi connectivity index (χ0v) is 37.6. The van der Waals surface area contributed by atoms with Gasteiger partial charge in [-0.3, -0.25) is 14.0 Å². The van der Waals surface area contributed by atoms with Gasteiger partial charge < -0.3 is 4.74 Å². The Bertz CT molecular complexity index is 4430. The van der Waals surface area contributed by atoms with Gasteiger partial charge in [0.1, 0.15) is 11.5 Å². The Kier molecular flexibility index (Phi) is 6.85. The third-order valence-electron chi connectivity index (χ3n) is 14.5. The number of fused-ring (bicyclic) bond motifs is 21. The van der Waals surface area contributed by atoms with E-state index >= 15 is 0 Å². The molecule has 2 aliphatic heterocycles. The molecule has 0 N–H and O–H groups in total. The molecular weight excluding hydrogens is 861 g/mol. The van der Waals surface area contributed by atoms with Crippen molar-refractivity contribution in [3.8, 4) is 73.0 Å². The van der Waals surface area contributed by atoms with Crippen LogP contribution in [0.4, 0.5) is 0 Å². The number of ether oxygens (including phenoxy) is 1. The number of nitrogens with zero attached hydrogens (tertiary/aromatic N) is 4. The Morgan fingerprint density at radius 2 is 1.22 bits per heavy atom. The monoisotopic (exact) mass is 906 g/mol. The lowest BCUT2D eigenvalue weighted by Crippen LogP contribution is -2.37. The summed E-state index contributed by atoms with van der Waals surface area (Å²) in [5.74, 6) is 2.00. The van der Waals surface area contributed by atoms with Crippen LogP contribution in [0.15, 0.2) is 216 Å². The van der Waals surface area contributed by atoms with Crippen molar-refractivity contribution in [1.82, 2.24) is 18.9 Å². The first-order valence-electron chi connectivity index (χ1n) is 26.1. The Balaban J connectivity index is 1.03. The van der Waals surface area contributed by atoms with Gasteiger partial charge in [-0.15, -0.1) is 0 Å². The molecule has 1 atom stereocenters. The highest BCUT2D eigenvalue weighted by molar-refractivity contribution is 7.99. The van der Waals surface area contributed by atoms with Crippen LogP contribution < -0.4 is 4.74 Å². The molecule has 3 aromatic heterocycles. The van der Waals surface area contributed by atoms with Gasteiger partial charge in [0.05, 0.1) is 38.9 Å². The van der Waals surface area contributed by atoms with E-state index < -0.39 is 19.1 Å². The zero-order chi connectivity index (χ0) is 50.5. The molecule has 0 fully saturated rings. The molecule has 0 bridgehead atoms. The van der Waals surface area contributed by atoms with E-state index in [2.05, 4.69) is 106 Å². The van der Waals surface area contributed by atoms with Gasteiger partial charge in [0.25, 0.3) is 0 Å². The highest BCUT2D eigenvalue weighted by atomic mass is 32.2. The molecule has 5 heterocycles. The predicted octanol–water partition coefficient (Wildman–Crippen LogP) is 16.0. The van der Waals surface area contributed by atoms with Crippen molar-refractivity contribution in [3.05, 3.63) is 240 Å². The number of aryl methyl sites for hydroxylation is 2. The van der Waals surface area contributed by atoms with Crippen molar-refractivity contribution in [2.75, 3.05) is 0 Å². The fraction of sp³-hybridized carbons (Fsp3) is 0.0476. The van der Waals surface area contributed by atoms with Gasteiger partial charge in [0, 0.05) is 52.5 Å². The molecule has 3 aliphatic rings. The maximum Gasteiger partial charge on any atom is 0.220 e. The highest BCUT2D eigenvalue weighted by Crippen LogP contribution is 2.63. The minimum absolute atomic E-state index is 0.192. The zero-order valence-electron chi connectivity index (χ0n) is 42.7. The number of hydrogen-bond acceptors (Lipinski definition) is 4. The van der Waals surface area contributed by atoms with Crippen LogP contribution in [-0.2, 0) is 5.41 Å². The third-order valence-corrected chi connectivity index (χ3v) is 15.7. The number of aromatic nitrogens is 4. The largest absolute Gasteiger partial charge is 0.457 e.